The summed E-state index contributed by atoms with van der Waals surface area (Å²) in [4.78, 5) is 40.0. The maximum absolute atomic E-state index is 13.7. The standard InChI is InChI=1S/C28H40N3O4P.H2/c1-18-11-19-13-20(12-18)15-23(14-19)30-21-5-4-6-22(30)17-24(16-21)31-27-8-3-2-7-25(27)29-26(28(31)32)9-10-36(33,34)35;/h2-3,7-8,18-24H,4-6,9-17H2,1H3,(H2,33,34,35);1H/t18?,19-,20+,21-,22+,23?,24?;/i;1+2T. The summed E-state index contributed by atoms with van der Waals surface area (Å²) in [5.41, 5.74) is 1.69. The van der Waals surface area contributed by atoms with Gasteiger partial charge in [0.15, 0.2) is 0 Å². The lowest BCUT2D eigenvalue weighted by atomic mass is 9.65. The predicted octanol–water partition coefficient (Wildman–Crippen LogP) is 5.14. The van der Waals surface area contributed by atoms with Gasteiger partial charge in [-0.05, 0) is 87.7 Å². The van der Waals surface area contributed by atoms with Gasteiger partial charge in [0.1, 0.15) is 5.69 Å². The Morgan fingerprint density at radius 3 is 2.31 bits per heavy atom. The van der Waals surface area contributed by atoms with Crippen molar-refractivity contribution < 1.29 is 17.3 Å². The third-order valence-corrected chi connectivity index (χ3v) is 10.5. The van der Waals surface area contributed by atoms with Crippen molar-refractivity contribution in [1.29, 1.82) is 0 Å². The van der Waals surface area contributed by atoms with Crippen molar-refractivity contribution in [2.24, 2.45) is 17.8 Å². The highest BCUT2D eigenvalue weighted by Gasteiger charge is 2.46. The summed E-state index contributed by atoms with van der Waals surface area (Å²) in [5.74, 6) is 2.66. The van der Waals surface area contributed by atoms with Gasteiger partial charge in [0.05, 0.1) is 17.2 Å². The Labute approximate surface area is 216 Å². The molecular formula is C28H42N3O4P. The molecule has 0 spiro atoms. The Morgan fingerprint density at radius 2 is 1.64 bits per heavy atom. The lowest BCUT2D eigenvalue weighted by Gasteiger charge is -2.55. The van der Waals surface area contributed by atoms with Crippen LogP contribution in [0.5, 0.6) is 0 Å². The molecule has 0 radical (unpaired) electrons. The Morgan fingerprint density at radius 1 is 0.972 bits per heavy atom. The summed E-state index contributed by atoms with van der Waals surface area (Å²) in [6, 6.07) is 9.58. The van der Waals surface area contributed by atoms with E-state index >= 15 is 0 Å². The summed E-state index contributed by atoms with van der Waals surface area (Å²) < 4.78 is 23.5. The molecule has 7 nitrogen and oxygen atoms in total. The molecule has 2 saturated heterocycles. The first-order valence-electron chi connectivity index (χ1n) is 15.1. The zero-order valence-corrected chi connectivity index (χ0v) is 22.2. The fourth-order valence-electron chi connectivity index (χ4n) is 8.57. The zero-order chi connectivity index (χ0) is 27.0. The Hall–Kier alpha value is -1.53. The van der Waals surface area contributed by atoms with Crippen LogP contribution in [-0.4, -0.2) is 48.5 Å². The molecule has 4 aliphatic rings. The SMILES string of the molecule is CC1C[C@@H]2CC(N3[C@@H]4CCC[C@H]3CC(n3c(=O)c(CCP(=O)(O)O)nc5ccccc53)C4)C[C@H](C1)C2.[3H][3H]. The number of hydrogen-bond acceptors (Lipinski definition) is 4. The Balaban J connectivity index is 0.00000144. The van der Waals surface area contributed by atoms with Gasteiger partial charge in [0.25, 0.3) is 5.56 Å². The van der Waals surface area contributed by atoms with Crippen molar-refractivity contribution in [2.45, 2.75) is 102 Å². The van der Waals surface area contributed by atoms with Crippen LogP contribution in [0.4, 0.5) is 0 Å². The second-order valence-corrected chi connectivity index (χ2v) is 14.1. The van der Waals surface area contributed by atoms with Gasteiger partial charge in [-0.25, -0.2) is 4.98 Å². The van der Waals surface area contributed by atoms with Crippen molar-refractivity contribution in [3.8, 4) is 0 Å². The average molecular weight is 520 g/mol. The van der Waals surface area contributed by atoms with E-state index < -0.39 is 7.60 Å². The Bertz CT molecular complexity index is 1200. The van der Waals surface area contributed by atoms with E-state index in [1.54, 1.807) is 0 Å². The highest BCUT2D eigenvalue weighted by atomic mass is 31.2. The van der Waals surface area contributed by atoms with Gasteiger partial charge in [-0.2, -0.15) is 0 Å². The molecule has 4 bridgehead atoms. The zero-order valence-electron chi connectivity index (χ0n) is 23.3. The van der Waals surface area contributed by atoms with Crippen molar-refractivity contribution in [3.63, 3.8) is 0 Å². The Kier molecular flexibility index (Phi) is 6.32. The molecule has 36 heavy (non-hydrogen) atoms. The van der Waals surface area contributed by atoms with Gasteiger partial charge < -0.3 is 14.4 Å². The van der Waals surface area contributed by atoms with E-state index in [2.05, 4.69) is 16.8 Å². The first kappa shape index (κ1) is 23.6. The molecule has 2 aliphatic heterocycles. The van der Waals surface area contributed by atoms with Crippen LogP contribution in [0.3, 0.4) is 0 Å². The molecule has 4 fully saturated rings. The number of aromatic nitrogens is 2. The predicted molar refractivity (Wildman–Crippen MR) is 143 cm³/mol. The lowest BCUT2D eigenvalue weighted by Crippen LogP contribution is -2.59. The minimum Gasteiger partial charge on any atom is -0.324 e. The van der Waals surface area contributed by atoms with E-state index in [9.17, 15) is 19.1 Å². The van der Waals surface area contributed by atoms with Crippen LogP contribution in [-0.2, 0) is 11.0 Å². The summed E-state index contributed by atoms with van der Waals surface area (Å²) >= 11 is 0. The second kappa shape index (κ2) is 9.65. The van der Waals surface area contributed by atoms with Crippen LogP contribution in [0.1, 0.15) is 85.8 Å². The van der Waals surface area contributed by atoms with E-state index in [0.29, 0.717) is 18.1 Å². The quantitative estimate of drug-likeness (QED) is 0.532. The van der Waals surface area contributed by atoms with Crippen molar-refractivity contribution >= 4 is 18.6 Å². The van der Waals surface area contributed by atoms with Gasteiger partial charge >= 0.3 is 7.60 Å². The van der Waals surface area contributed by atoms with Crippen molar-refractivity contribution in [2.75, 3.05) is 6.16 Å². The van der Waals surface area contributed by atoms with Crippen LogP contribution in [0.2, 0.25) is 0 Å². The second-order valence-electron chi connectivity index (χ2n) is 12.3. The number of para-hydroxylation sites is 2. The first-order valence-corrected chi connectivity index (χ1v) is 15.9. The summed E-state index contributed by atoms with van der Waals surface area (Å²) in [5, 5.41) is 0. The number of fused-ring (bicyclic) bond motifs is 5. The first-order chi connectivity index (χ1) is 18.2. The number of nitrogens with zero attached hydrogens (tertiary/aromatic N) is 3. The van der Waals surface area contributed by atoms with Gasteiger partial charge in [-0.1, -0.05) is 25.5 Å². The fourth-order valence-corrected chi connectivity index (χ4v) is 9.07. The maximum Gasteiger partial charge on any atom is 0.325 e. The molecule has 8 heteroatoms. The lowest BCUT2D eigenvalue weighted by molar-refractivity contribution is -0.0525. The molecular weight excluding hydrogens is 473 g/mol. The molecule has 3 unspecified atom stereocenters. The number of piperidine rings is 2. The maximum atomic E-state index is 13.7. The minimum absolute atomic E-state index is 0.00290. The minimum atomic E-state index is -4.21. The average Bonchev–Trinajstić information content (AvgIpc) is 2.87. The summed E-state index contributed by atoms with van der Waals surface area (Å²) in [6.45, 7) is 2.44. The van der Waals surface area contributed by atoms with Crippen LogP contribution >= 0.6 is 7.60 Å². The normalized spacial score (nSPS) is 35.4. The van der Waals surface area contributed by atoms with Crippen molar-refractivity contribution in [3.05, 3.63) is 40.3 Å². The molecule has 6 rings (SSSR count). The topological polar surface area (TPSA) is 95.7 Å². The molecule has 3 heterocycles. The molecule has 2 aromatic rings. The van der Waals surface area contributed by atoms with E-state index in [-0.39, 0.29) is 29.9 Å². The smallest absolute Gasteiger partial charge is 0.324 e. The van der Waals surface area contributed by atoms with Gasteiger partial charge in [-0.15, -0.1) is 0 Å². The number of rotatable bonds is 5. The van der Waals surface area contributed by atoms with E-state index in [1.807, 2.05) is 28.8 Å². The summed E-state index contributed by atoms with van der Waals surface area (Å²) in [6.07, 6.45) is 12.2. The number of aryl methyl sites for hydroxylation is 1. The molecule has 198 valence electrons. The highest BCUT2D eigenvalue weighted by molar-refractivity contribution is 7.51. The third-order valence-electron chi connectivity index (χ3n) is 9.64. The van der Waals surface area contributed by atoms with Gasteiger partial charge in [0.2, 0.25) is 0 Å². The number of benzene rings is 1. The molecule has 2 saturated carbocycles. The van der Waals surface area contributed by atoms with Crippen LogP contribution in [0.25, 0.3) is 11.0 Å². The van der Waals surface area contributed by atoms with Crippen LogP contribution in [0, 0.1) is 17.8 Å². The van der Waals surface area contributed by atoms with Gasteiger partial charge in [0, 0.05) is 33.6 Å². The van der Waals surface area contributed by atoms with Crippen LogP contribution in [0.15, 0.2) is 29.1 Å². The van der Waals surface area contributed by atoms with E-state index in [0.717, 1.165) is 41.6 Å². The molecule has 7 atom stereocenters. The largest absolute Gasteiger partial charge is 0.325 e. The van der Waals surface area contributed by atoms with E-state index in [4.69, 9.17) is 2.97 Å². The fraction of sp³-hybridized carbons (Fsp3) is 0.714. The molecule has 2 aliphatic carbocycles. The molecule has 0 amide bonds. The third kappa shape index (κ3) is 4.84. The van der Waals surface area contributed by atoms with E-state index in [1.165, 1.54) is 51.4 Å². The monoisotopic (exact) mass is 519 g/mol. The van der Waals surface area contributed by atoms with Crippen LogP contribution < -0.4 is 5.56 Å². The summed E-state index contributed by atoms with van der Waals surface area (Å²) in [7, 11) is -4.21. The highest BCUT2D eigenvalue weighted by Crippen LogP contribution is 2.48. The molecule has 1 aromatic heterocycles. The molecule has 2 N–H and O–H groups in total. The van der Waals surface area contributed by atoms with Gasteiger partial charge in [-0.3, -0.25) is 14.3 Å². The number of hydrogen-bond donors (Lipinski definition) is 2. The molecule has 1 aromatic carbocycles. The van der Waals surface area contributed by atoms with Crippen molar-refractivity contribution in [1.82, 2.24) is 14.5 Å².